The number of rotatable bonds is 5. The summed E-state index contributed by atoms with van der Waals surface area (Å²) in [5.74, 6) is -1.71. The van der Waals surface area contributed by atoms with E-state index in [0.29, 0.717) is 27.2 Å². The summed E-state index contributed by atoms with van der Waals surface area (Å²) >= 11 is 6.03. The molecule has 0 aliphatic rings. The molecule has 0 spiro atoms. The molecule has 0 aliphatic carbocycles. The number of aromatic hydroxyl groups is 2. The normalized spacial score (nSPS) is 10.6. The number of carbonyl (C=O) groups excluding carboxylic acids is 2. The monoisotopic (exact) mass is 415 g/mol. The lowest BCUT2D eigenvalue weighted by atomic mass is 10.0. The molecule has 0 heterocycles. The van der Waals surface area contributed by atoms with Gasteiger partial charge < -0.3 is 25.0 Å². The second-order valence-corrected chi connectivity index (χ2v) is 6.67. The van der Waals surface area contributed by atoms with Gasteiger partial charge in [0.2, 0.25) is 0 Å². The van der Waals surface area contributed by atoms with Crippen LogP contribution in [0.2, 0.25) is 5.02 Å². The van der Waals surface area contributed by atoms with Crippen molar-refractivity contribution in [3.05, 3.63) is 58.6 Å². The van der Waals surface area contributed by atoms with E-state index in [-0.39, 0.29) is 17.1 Å². The number of phenols is 2. The molecule has 0 bridgehead atoms. The van der Waals surface area contributed by atoms with Crippen molar-refractivity contribution in [2.75, 3.05) is 19.0 Å². The molecular formula is C21H18ClNO6. The van der Waals surface area contributed by atoms with Crippen LogP contribution in [-0.4, -0.2) is 35.8 Å². The van der Waals surface area contributed by atoms with Crippen molar-refractivity contribution in [3.8, 4) is 17.2 Å². The van der Waals surface area contributed by atoms with Crippen molar-refractivity contribution in [1.82, 2.24) is 0 Å². The number of halogens is 1. The molecule has 0 fully saturated rings. The summed E-state index contributed by atoms with van der Waals surface area (Å²) in [6.07, 6.45) is 0. The topological polar surface area (TPSA) is 105 Å². The van der Waals surface area contributed by atoms with E-state index in [9.17, 15) is 19.8 Å². The Morgan fingerprint density at radius 2 is 1.79 bits per heavy atom. The summed E-state index contributed by atoms with van der Waals surface area (Å²) in [5.41, 5.74) is 0.867. The van der Waals surface area contributed by atoms with Crippen LogP contribution < -0.4 is 10.1 Å². The molecule has 0 aromatic heterocycles. The van der Waals surface area contributed by atoms with Gasteiger partial charge in [0.1, 0.15) is 22.8 Å². The number of carbonyl (C=O) groups is 2. The van der Waals surface area contributed by atoms with Gasteiger partial charge in [-0.25, -0.2) is 4.79 Å². The maximum atomic E-state index is 12.3. The van der Waals surface area contributed by atoms with Crippen LogP contribution in [0.15, 0.2) is 42.5 Å². The molecule has 3 aromatic carbocycles. The maximum absolute atomic E-state index is 12.3. The van der Waals surface area contributed by atoms with Crippen LogP contribution in [0, 0.1) is 6.92 Å². The largest absolute Gasteiger partial charge is 0.507 e. The zero-order valence-corrected chi connectivity index (χ0v) is 16.4. The number of ether oxygens (including phenoxy) is 2. The number of nitrogens with one attached hydrogen (secondary N) is 1. The third kappa shape index (κ3) is 4.20. The second kappa shape index (κ2) is 8.28. The Hall–Kier alpha value is -3.45. The van der Waals surface area contributed by atoms with Gasteiger partial charge >= 0.3 is 5.97 Å². The highest BCUT2D eigenvalue weighted by Gasteiger charge is 2.19. The fourth-order valence-electron chi connectivity index (χ4n) is 2.82. The molecule has 3 aromatic rings. The third-order valence-corrected chi connectivity index (χ3v) is 4.71. The number of esters is 1. The van der Waals surface area contributed by atoms with E-state index < -0.39 is 18.5 Å². The molecule has 0 atom stereocenters. The zero-order valence-electron chi connectivity index (χ0n) is 15.7. The average molecular weight is 416 g/mol. The fourth-order valence-corrected chi connectivity index (χ4v) is 2.98. The Balaban J connectivity index is 1.73. The van der Waals surface area contributed by atoms with Gasteiger partial charge in [0.15, 0.2) is 6.61 Å². The fraction of sp³-hybridized carbons (Fsp3) is 0.143. The summed E-state index contributed by atoms with van der Waals surface area (Å²) in [5, 5.41) is 24.2. The Kier molecular flexibility index (Phi) is 5.79. The van der Waals surface area contributed by atoms with Gasteiger partial charge in [-0.2, -0.15) is 0 Å². The van der Waals surface area contributed by atoms with E-state index in [1.54, 1.807) is 43.3 Å². The van der Waals surface area contributed by atoms with E-state index in [4.69, 9.17) is 21.1 Å². The van der Waals surface area contributed by atoms with Gasteiger partial charge in [-0.05, 0) is 24.6 Å². The number of phenolic OH excluding ortho intramolecular Hbond substituents is 2. The number of anilines is 1. The number of methoxy groups -OCH3 is 1. The van der Waals surface area contributed by atoms with E-state index in [1.807, 2.05) is 0 Å². The molecule has 0 saturated heterocycles. The van der Waals surface area contributed by atoms with Crippen molar-refractivity contribution < 1.29 is 29.3 Å². The lowest BCUT2D eigenvalue weighted by molar-refractivity contribution is -0.119. The number of fused-ring (bicyclic) bond motifs is 1. The van der Waals surface area contributed by atoms with Crippen LogP contribution in [0.25, 0.3) is 10.8 Å². The maximum Gasteiger partial charge on any atom is 0.342 e. The van der Waals surface area contributed by atoms with Gasteiger partial charge in [0.25, 0.3) is 5.91 Å². The van der Waals surface area contributed by atoms with Crippen molar-refractivity contribution in [3.63, 3.8) is 0 Å². The molecule has 0 unspecified atom stereocenters. The van der Waals surface area contributed by atoms with Crippen molar-refractivity contribution in [2.24, 2.45) is 0 Å². The van der Waals surface area contributed by atoms with E-state index in [2.05, 4.69) is 5.32 Å². The van der Waals surface area contributed by atoms with Gasteiger partial charge in [0.05, 0.1) is 12.8 Å². The van der Waals surface area contributed by atoms with E-state index in [0.717, 1.165) is 11.6 Å². The molecule has 0 radical (unpaired) electrons. The lowest BCUT2D eigenvalue weighted by Gasteiger charge is -2.13. The molecule has 1 amide bonds. The van der Waals surface area contributed by atoms with Crippen LogP contribution in [-0.2, 0) is 9.53 Å². The van der Waals surface area contributed by atoms with Crippen molar-refractivity contribution >= 4 is 39.9 Å². The first-order valence-electron chi connectivity index (χ1n) is 8.56. The SMILES string of the molecule is COc1cc(Cl)c(C)cc1NC(=O)COC(=O)c1cc(O)c2ccccc2c1O. The smallest absolute Gasteiger partial charge is 0.342 e. The number of hydrogen-bond donors (Lipinski definition) is 3. The Bertz CT molecular complexity index is 1110. The summed E-state index contributed by atoms with van der Waals surface area (Å²) in [6, 6.07) is 10.8. The van der Waals surface area contributed by atoms with Crippen LogP contribution in [0.3, 0.4) is 0 Å². The highest BCUT2D eigenvalue weighted by atomic mass is 35.5. The Labute approximate surface area is 171 Å². The summed E-state index contributed by atoms with van der Waals surface area (Å²) in [7, 11) is 1.44. The Morgan fingerprint density at radius 1 is 1.10 bits per heavy atom. The molecular weight excluding hydrogens is 398 g/mol. The van der Waals surface area contributed by atoms with Crippen molar-refractivity contribution in [1.29, 1.82) is 0 Å². The third-order valence-electron chi connectivity index (χ3n) is 4.30. The van der Waals surface area contributed by atoms with Gasteiger partial charge in [0, 0.05) is 21.9 Å². The molecule has 3 rings (SSSR count). The molecule has 150 valence electrons. The van der Waals surface area contributed by atoms with Crippen molar-refractivity contribution in [2.45, 2.75) is 6.92 Å². The second-order valence-electron chi connectivity index (χ2n) is 6.26. The average Bonchev–Trinajstić information content (AvgIpc) is 2.71. The summed E-state index contributed by atoms with van der Waals surface area (Å²) in [4.78, 5) is 24.5. The van der Waals surface area contributed by atoms with E-state index >= 15 is 0 Å². The van der Waals surface area contributed by atoms with Crippen LogP contribution in [0.4, 0.5) is 5.69 Å². The van der Waals surface area contributed by atoms with Gasteiger partial charge in [-0.3, -0.25) is 4.79 Å². The number of aryl methyl sites for hydroxylation is 1. The predicted octanol–water partition coefficient (Wildman–Crippen LogP) is 4.02. The molecule has 7 nitrogen and oxygen atoms in total. The van der Waals surface area contributed by atoms with Crippen LogP contribution >= 0.6 is 11.6 Å². The molecule has 29 heavy (non-hydrogen) atoms. The Morgan fingerprint density at radius 3 is 2.48 bits per heavy atom. The molecule has 3 N–H and O–H groups in total. The first-order chi connectivity index (χ1) is 13.8. The standard InChI is InChI=1S/C21H18ClNO6/c1-11-7-16(18(28-2)9-15(11)22)23-19(25)10-29-21(27)14-8-17(24)12-5-3-4-6-13(12)20(14)26/h3-9,24,26H,10H2,1-2H3,(H,23,25). The van der Waals surface area contributed by atoms with E-state index in [1.165, 1.54) is 7.11 Å². The first-order valence-corrected chi connectivity index (χ1v) is 8.94. The predicted molar refractivity (Wildman–Crippen MR) is 109 cm³/mol. The number of benzene rings is 3. The zero-order chi connectivity index (χ0) is 21.1. The minimum atomic E-state index is -0.946. The lowest BCUT2D eigenvalue weighted by Crippen LogP contribution is -2.21. The summed E-state index contributed by atoms with van der Waals surface area (Å²) in [6.45, 7) is 1.17. The first kappa shape index (κ1) is 20.3. The minimum Gasteiger partial charge on any atom is -0.507 e. The van der Waals surface area contributed by atoms with Crippen LogP contribution in [0.5, 0.6) is 17.2 Å². The number of hydrogen-bond acceptors (Lipinski definition) is 6. The van der Waals surface area contributed by atoms with Gasteiger partial charge in [-0.1, -0.05) is 35.9 Å². The highest BCUT2D eigenvalue weighted by Crippen LogP contribution is 2.35. The minimum absolute atomic E-state index is 0.184. The summed E-state index contributed by atoms with van der Waals surface area (Å²) < 4.78 is 10.2. The number of amides is 1. The highest BCUT2D eigenvalue weighted by molar-refractivity contribution is 6.31. The molecule has 0 saturated carbocycles. The quantitative estimate of drug-likeness (QED) is 0.429. The molecule has 8 heteroatoms. The van der Waals surface area contributed by atoms with Crippen LogP contribution in [0.1, 0.15) is 15.9 Å². The van der Waals surface area contributed by atoms with Gasteiger partial charge in [-0.15, -0.1) is 0 Å². The molecule has 0 aliphatic heterocycles.